The van der Waals surface area contributed by atoms with E-state index in [2.05, 4.69) is 15.0 Å². The van der Waals surface area contributed by atoms with Crippen LogP contribution in [0.5, 0.6) is 0 Å². The zero-order valence-electron chi connectivity index (χ0n) is 12.2. The Kier molecular flexibility index (Phi) is 3.95. The van der Waals surface area contributed by atoms with Gasteiger partial charge in [-0.1, -0.05) is 0 Å². The molecule has 0 atom stereocenters. The first-order valence-corrected chi connectivity index (χ1v) is 7.09. The number of pyridine rings is 1. The Morgan fingerprint density at radius 2 is 1.82 bits per heavy atom. The maximum atomic E-state index is 13.2. The molecule has 0 aromatic carbocycles. The molecule has 0 aliphatic carbocycles. The highest BCUT2D eigenvalue weighted by molar-refractivity contribution is 5.92. The predicted octanol–water partition coefficient (Wildman–Crippen LogP) is 1.28. The van der Waals surface area contributed by atoms with Gasteiger partial charge < -0.3 is 9.80 Å². The van der Waals surface area contributed by atoms with E-state index in [4.69, 9.17) is 0 Å². The summed E-state index contributed by atoms with van der Waals surface area (Å²) in [5.74, 6) is 0.102. The van der Waals surface area contributed by atoms with Crippen molar-refractivity contribution in [3.05, 3.63) is 47.8 Å². The quantitative estimate of drug-likeness (QED) is 0.836. The fraction of sp³-hybridized carbons (Fsp3) is 0.333. The number of carbonyl (C=O) groups is 1. The Labute approximate surface area is 127 Å². The summed E-state index contributed by atoms with van der Waals surface area (Å²) >= 11 is 0. The molecular formula is C15H16FN5O. The van der Waals surface area contributed by atoms with Gasteiger partial charge in [0.1, 0.15) is 11.5 Å². The molecule has 2 aromatic heterocycles. The summed E-state index contributed by atoms with van der Waals surface area (Å²) in [6.07, 6.45) is 3.40. The van der Waals surface area contributed by atoms with Gasteiger partial charge in [-0.25, -0.2) is 19.3 Å². The summed E-state index contributed by atoms with van der Waals surface area (Å²) in [6.45, 7) is 4.01. The molecule has 1 amide bonds. The lowest BCUT2D eigenvalue weighted by atomic mass is 10.2. The number of aryl methyl sites for hydroxylation is 1. The van der Waals surface area contributed by atoms with Crippen LogP contribution in [0.1, 0.15) is 16.2 Å². The van der Waals surface area contributed by atoms with E-state index in [0.717, 1.165) is 0 Å². The molecule has 3 rings (SSSR count). The summed E-state index contributed by atoms with van der Waals surface area (Å²) in [5.41, 5.74) is 0.519. The molecule has 1 aliphatic heterocycles. The molecule has 3 heterocycles. The summed E-state index contributed by atoms with van der Waals surface area (Å²) in [7, 11) is 0. The van der Waals surface area contributed by atoms with Gasteiger partial charge in [-0.15, -0.1) is 0 Å². The molecule has 114 valence electrons. The Balaban J connectivity index is 1.66. The van der Waals surface area contributed by atoms with Crippen LogP contribution < -0.4 is 4.90 Å². The lowest BCUT2D eigenvalue weighted by Gasteiger charge is -2.34. The van der Waals surface area contributed by atoms with E-state index < -0.39 is 5.82 Å². The number of aromatic nitrogens is 3. The van der Waals surface area contributed by atoms with Crippen LogP contribution in [-0.2, 0) is 0 Å². The number of hydrogen-bond acceptors (Lipinski definition) is 5. The van der Waals surface area contributed by atoms with Gasteiger partial charge in [0.25, 0.3) is 5.91 Å². The Hall–Kier alpha value is -2.57. The minimum absolute atomic E-state index is 0.170. The molecule has 1 aliphatic rings. The van der Waals surface area contributed by atoms with Crippen molar-refractivity contribution in [3.8, 4) is 0 Å². The SMILES string of the molecule is Cc1nc(C(=O)N2CCN(c3ncccn3)CC2)ccc1F. The second-order valence-electron chi connectivity index (χ2n) is 5.09. The third-order valence-corrected chi connectivity index (χ3v) is 3.64. The van der Waals surface area contributed by atoms with Gasteiger partial charge in [0.2, 0.25) is 5.95 Å². The first-order valence-electron chi connectivity index (χ1n) is 7.09. The number of carbonyl (C=O) groups excluding carboxylic acids is 1. The molecule has 0 radical (unpaired) electrons. The number of halogens is 1. The fourth-order valence-corrected chi connectivity index (χ4v) is 2.39. The van der Waals surface area contributed by atoms with Crippen molar-refractivity contribution in [3.63, 3.8) is 0 Å². The lowest BCUT2D eigenvalue weighted by Crippen LogP contribution is -2.49. The van der Waals surface area contributed by atoms with Crippen LogP contribution >= 0.6 is 0 Å². The summed E-state index contributed by atoms with van der Waals surface area (Å²) < 4.78 is 13.2. The molecule has 0 spiro atoms. The van der Waals surface area contributed by atoms with Crippen LogP contribution in [0, 0.1) is 12.7 Å². The van der Waals surface area contributed by atoms with E-state index in [1.807, 2.05) is 4.90 Å². The summed E-state index contributed by atoms with van der Waals surface area (Å²) in [6, 6.07) is 4.48. The van der Waals surface area contributed by atoms with Crippen molar-refractivity contribution in [2.75, 3.05) is 31.1 Å². The largest absolute Gasteiger partial charge is 0.337 e. The molecule has 0 saturated carbocycles. The number of rotatable bonds is 2. The van der Waals surface area contributed by atoms with E-state index >= 15 is 0 Å². The topological polar surface area (TPSA) is 62.2 Å². The minimum Gasteiger partial charge on any atom is -0.337 e. The fourth-order valence-electron chi connectivity index (χ4n) is 2.39. The first-order chi connectivity index (χ1) is 10.6. The molecule has 2 aromatic rings. The van der Waals surface area contributed by atoms with Crippen molar-refractivity contribution < 1.29 is 9.18 Å². The molecule has 0 bridgehead atoms. The molecule has 6 nitrogen and oxygen atoms in total. The van der Waals surface area contributed by atoms with E-state index in [-0.39, 0.29) is 17.3 Å². The second kappa shape index (κ2) is 6.05. The average molecular weight is 301 g/mol. The van der Waals surface area contributed by atoms with Crippen LogP contribution in [0.3, 0.4) is 0 Å². The van der Waals surface area contributed by atoms with Gasteiger partial charge in [0.15, 0.2) is 0 Å². The molecular weight excluding hydrogens is 285 g/mol. The van der Waals surface area contributed by atoms with Gasteiger partial charge in [-0.05, 0) is 25.1 Å². The van der Waals surface area contributed by atoms with Gasteiger partial charge in [-0.3, -0.25) is 4.79 Å². The lowest BCUT2D eigenvalue weighted by molar-refractivity contribution is 0.0740. The molecule has 1 fully saturated rings. The van der Waals surface area contributed by atoms with Crippen LogP contribution in [0.15, 0.2) is 30.6 Å². The van der Waals surface area contributed by atoms with E-state index in [1.54, 1.807) is 30.3 Å². The molecule has 0 N–H and O–H groups in total. The Bertz CT molecular complexity index is 671. The molecule has 0 unspecified atom stereocenters. The van der Waals surface area contributed by atoms with E-state index in [1.165, 1.54) is 12.1 Å². The summed E-state index contributed by atoms with van der Waals surface area (Å²) in [5, 5.41) is 0. The molecule has 22 heavy (non-hydrogen) atoms. The van der Waals surface area contributed by atoms with Gasteiger partial charge >= 0.3 is 0 Å². The van der Waals surface area contributed by atoms with Crippen molar-refractivity contribution in [2.24, 2.45) is 0 Å². The molecule has 1 saturated heterocycles. The van der Waals surface area contributed by atoms with E-state index in [9.17, 15) is 9.18 Å². The monoisotopic (exact) mass is 301 g/mol. The zero-order valence-corrected chi connectivity index (χ0v) is 12.2. The Morgan fingerprint density at radius 1 is 1.14 bits per heavy atom. The predicted molar refractivity (Wildman–Crippen MR) is 79.1 cm³/mol. The maximum Gasteiger partial charge on any atom is 0.272 e. The van der Waals surface area contributed by atoms with Crippen LogP contribution in [0.4, 0.5) is 10.3 Å². The Morgan fingerprint density at radius 3 is 2.45 bits per heavy atom. The number of hydrogen-bond donors (Lipinski definition) is 0. The van der Waals surface area contributed by atoms with Gasteiger partial charge in [0, 0.05) is 38.6 Å². The minimum atomic E-state index is -0.400. The first kappa shape index (κ1) is 14.4. The van der Waals surface area contributed by atoms with Crippen LogP contribution in [0.2, 0.25) is 0 Å². The maximum absolute atomic E-state index is 13.2. The van der Waals surface area contributed by atoms with Crippen LogP contribution in [-0.4, -0.2) is 51.9 Å². The second-order valence-corrected chi connectivity index (χ2v) is 5.09. The number of piperazine rings is 1. The summed E-state index contributed by atoms with van der Waals surface area (Å²) in [4.78, 5) is 28.6. The third-order valence-electron chi connectivity index (χ3n) is 3.64. The van der Waals surface area contributed by atoms with Crippen molar-refractivity contribution in [1.29, 1.82) is 0 Å². The normalized spacial score (nSPS) is 15.0. The molecule has 7 heteroatoms. The van der Waals surface area contributed by atoms with Crippen molar-refractivity contribution in [2.45, 2.75) is 6.92 Å². The number of nitrogens with zero attached hydrogens (tertiary/aromatic N) is 5. The highest BCUT2D eigenvalue weighted by Gasteiger charge is 2.24. The van der Waals surface area contributed by atoms with Gasteiger partial charge in [0.05, 0.1) is 5.69 Å². The number of anilines is 1. The van der Waals surface area contributed by atoms with Gasteiger partial charge in [-0.2, -0.15) is 0 Å². The van der Waals surface area contributed by atoms with Crippen molar-refractivity contribution in [1.82, 2.24) is 19.9 Å². The highest BCUT2D eigenvalue weighted by atomic mass is 19.1. The smallest absolute Gasteiger partial charge is 0.272 e. The van der Waals surface area contributed by atoms with Crippen molar-refractivity contribution >= 4 is 11.9 Å². The zero-order chi connectivity index (χ0) is 15.5. The number of amides is 1. The average Bonchev–Trinajstić information content (AvgIpc) is 2.58. The van der Waals surface area contributed by atoms with E-state index in [0.29, 0.717) is 32.1 Å². The highest BCUT2D eigenvalue weighted by Crippen LogP contribution is 2.13. The standard InChI is InChI=1S/C15H16FN5O/c1-11-12(16)3-4-13(19-11)14(22)20-7-9-21(10-8-20)15-17-5-2-6-18-15/h2-6H,7-10H2,1H3. The third kappa shape index (κ3) is 2.88. The van der Waals surface area contributed by atoms with Crippen LogP contribution in [0.25, 0.3) is 0 Å².